The van der Waals surface area contributed by atoms with Crippen LogP contribution in [0, 0.1) is 0 Å². The van der Waals surface area contributed by atoms with Gasteiger partial charge in [-0.3, -0.25) is 0 Å². The van der Waals surface area contributed by atoms with Crippen molar-refractivity contribution in [2.75, 3.05) is 6.61 Å². The Morgan fingerprint density at radius 3 is 2.44 bits per heavy atom. The van der Waals surface area contributed by atoms with Gasteiger partial charge < -0.3 is 9.15 Å². The van der Waals surface area contributed by atoms with E-state index in [1.54, 1.807) is 13.0 Å². The Bertz CT molecular complexity index is 471. The van der Waals surface area contributed by atoms with Crippen LogP contribution in [0.5, 0.6) is 0 Å². The lowest BCUT2D eigenvalue weighted by atomic mass is 10.1. The van der Waals surface area contributed by atoms with Gasteiger partial charge in [0.15, 0.2) is 0 Å². The molecule has 0 radical (unpaired) electrons. The Morgan fingerprint density at radius 2 is 1.83 bits per heavy atom. The third kappa shape index (κ3) is 3.23. The van der Waals surface area contributed by atoms with Gasteiger partial charge >= 0.3 is 5.97 Å². The van der Waals surface area contributed by atoms with Crippen molar-refractivity contribution in [1.82, 2.24) is 0 Å². The molecule has 0 aliphatic carbocycles. The van der Waals surface area contributed by atoms with Crippen molar-refractivity contribution in [3.8, 4) is 11.3 Å². The summed E-state index contributed by atoms with van der Waals surface area (Å²) < 4.78 is 10.3. The smallest absolute Gasteiger partial charge is 0.342 e. The van der Waals surface area contributed by atoms with E-state index >= 15 is 0 Å². The second-order valence-corrected chi connectivity index (χ2v) is 3.25. The first-order valence-corrected chi connectivity index (χ1v) is 5.13. The lowest BCUT2D eigenvalue weighted by Crippen LogP contribution is -2.04. The summed E-state index contributed by atoms with van der Waals surface area (Å²) in [5, 5.41) is 0. The molecule has 2 aromatic rings. The molecule has 0 saturated carbocycles. The van der Waals surface area contributed by atoms with Gasteiger partial charge in [0.25, 0.3) is 0 Å². The lowest BCUT2D eigenvalue weighted by Gasteiger charge is -2.02. The summed E-state index contributed by atoms with van der Waals surface area (Å²) in [4.78, 5) is 11.6. The summed E-state index contributed by atoms with van der Waals surface area (Å²) >= 11 is 0. The fourth-order valence-electron chi connectivity index (χ4n) is 1.49. The van der Waals surface area contributed by atoms with Gasteiger partial charge in [-0.05, 0) is 13.0 Å². The fourth-order valence-corrected chi connectivity index (χ4v) is 1.49. The molecule has 1 aromatic carbocycles. The van der Waals surface area contributed by atoms with Gasteiger partial charge in [0, 0.05) is 5.56 Å². The zero-order chi connectivity index (χ0) is 11.4. The van der Waals surface area contributed by atoms with E-state index < -0.39 is 0 Å². The number of carbonyl (C=O) groups is 1. The largest absolute Gasteiger partial charge is 0.463 e. The third-order valence-corrected chi connectivity index (χ3v) is 2.20. The van der Waals surface area contributed by atoms with Crippen molar-refractivity contribution >= 4 is 5.97 Å². The minimum absolute atomic E-state index is 0. The predicted molar refractivity (Wildman–Crippen MR) is 73.6 cm³/mol. The zero-order valence-corrected chi connectivity index (χ0v) is 8.97. The highest BCUT2D eigenvalue weighted by Gasteiger charge is 2.16. The molecular formula is C15H20O3. The predicted octanol–water partition coefficient (Wildman–Crippen LogP) is 4.40. The van der Waals surface area contributed by atoms with Crippen molar-refractivity contribution < 1.29 is 13.9 Å². The van der Waals surface area contributed by atoms with Gasteiger partial charge in [-0.1, -0.05) is 45.2 Å². The summed E-state index contributed by atoms with van der Waals surface area (Å²) in [6.07, 6.45) is 1.49. The second-order valence-electron chi connectivity index (χ2n) is 3.25. The van der Waals surface area contributed by atoms with Gasteiger partial charge in [-0.15, -0.1) is 0 Å². The Labute approximate surface area is 108 Å². The molecule has 1 heterocycles. The lowest BCUT2D eigenvalue weighted by molar-refractivity contribution is 0.0527. The van der Waals surface area contributed by atoms with Crippen LogP contribution in [-0.4, -0.2) is 12.6 Å². The maximum absolute atomic E-state index is 11.6. The van der Waals surface area contributed by atoms with Crippen LogP contribution in [0.25, 0.3) is 11.3 Å². The molecule has 2 rings (SSSR count). The fraction of sp³-hybridized carbons (Fsp3) is 0.267. The van der Waals surface area contributed by atoms with Crippen LogP contribution in [0.4, 0.5) is 0 Å². The van der Waals surface area contributed by atoms with Crippen LogP contribution in [0.15, 0.2) is 47.1 Å². The van der Waals surface area contributed by atoms with Crippen molar-refractivity contribution in [3.05, 3.63) is 48.2 Å². The van der Waals surface area contributed by atoms with E-state index in [9.17, 15) is 4.79 Å². The number of benzene rings is 1. The average Bonchev–Trinajstić information content (AvgIpc) is 2.79. The summed E-state index contributed by atoms with van der Waals surface area (Å²) in [5.41, 5.74) is 1.34. The SMILES string of the molecule is C.C.CCOC(=O)c1ccoc1-c1ccccc1. The van der Waals surface area contributed by atoms with Crippen molar-refractivity contribution in [1.29, 1.82) is 0 Å². The molecule has 3 nitrogen and oxygen atoms in total. The molecule has 0 aliphatic heterocycles. The number of furan rings is 1. The van der Waals surface area contributed by atoms with Crippen molar-refractivity contribution in [2.24, 2.45) is 0 Å². The summed E-state index contributed by atoms with van der Waals surface area (Å²) in [6, 6.07) is 11.1. The minimum Gasteiger partial charge on any atom is -0.463 e. The normalized spacial score (nSPS) is 8.94. The van der Waals surface area contributed by atoms with Crippen LogP contribution in [0.3, 0.4) is 0 Å². The average molecular weight is 248 g/mol. The molecule has 0 atom stereocenters. The topological polar surface area (TPSA) is 39.4 Å². The van der Waals surface area contributed by atoms with E-state index in [0.717, 1.165) is 5.56 Å². The molecule has 0 bridgehead atoms. The maximum Gasteiger partial charge on any atom is 0.342 e. The van der Waals surface area contributed by atoms with Crippen molar-refractivity contribution in [3.63, 3.8) is 0 Å². The van der Waals surface area contributed by atoms with Gasteiger partial charge in [-0.2, -0.15) is 0 Å². The zero-order valence-electron chi connectivity index (χ0n) is 8.97. The molecule has 0 N–H and O–H groups in total. The Hall–Kier alpha value is -2.03. The Kier molecular flexibility index (Phi) is 6.50. The summed E-state index contributed by atoms with van der Waals surface area (Å²) in [6.45, 7) is 2.14. The Balaban J connectivity index is 0.00000144. The molecule has 0 fully saturated rings. The van der Waals surface area contributed by atoms with Gasteiger partial charge in [0.1, 0.15) is 11.3 Å². The monoisotopic (exact) mass is 248 g/mol. The number of carbonyl (C=O) groups excluding carboxylic acids is 1. The van der Waals surface area contributed by atoms with E-state index in [0.29, 0.717) is 17.9 Å². The number of ether oxygens (including phenoxy) is 1. The third-order valence-electron chi connectivity index (χ3n) is 2.20. The first-order valence-electron chi connectivity index (χ1n) is 5.13. The number of hydrogen-bond acceptors (Lipinski definition) is 3. The van der Waals surface area contributed by atoms with Crippen LogP contribution in [0.1, 0.15) is 32.1 Å². The number of rotatable bonds is 3. The van der Waals surface area contributed by atoms with Gasteiger partial charge in [0.2, 0.25) is 0 Å². The first kappa shape index (κ1) is 16.0. The first-order chi connectivity index (χ1) is 7.83. The van der Waals surface area contributed by atoms with E-state index in [1.807, 2.05) is 30.3 Å². The molecule has 98 valence electrons. The van der Waals surface area contributed by atoms with Crippen LogP contribution in [0.2, 0.25) is 0 Å². The molecule has 3 heteroatoms. The van der Waals surface area contributed by atoms with E-state index in [1.165, 1.54) is 6.26 Å². The van der Waals surface area contributed by atoms with E-state index in [-0.39, 0.29) is 20.8 Å². The van der Waals surface area contributed by atoms with Crippen LogP contribution >= 0.6 is 0 Å². The minimum atomic E-state index is -0.352. The highest BCUT2D eigenvalue weighted by Crippen LogP contribution is 2.25. The molecule has 0 amide bonds. The molecule has 0 saturated heterocycles. The highest BCUT2D eigenvalue weighted by molar-refractivity contribution is 5.95. The van der Waals surface area contributed by atoms with E-state index in [2.05, 4.69) is 0 Å². The highest BCUT2D eigenvalue weighted by atomic mass is 16.5. The maximum atomic E-state index is 11.6. The number of esters is 1. The molecule has 1 aromatic heterocycles. The second kappa shape index (κ2) is 7.33. The van der Waals surface area contributed by atoms with Crippen LogP contribution in [-0.2, 0) is 4.74 Å². The molecule has 18 heavy (non-hydrogen) atoms. The van der Waals surface area contributed by atoms with E-state index in [4.69, 9.17) is 9.15 Å². The summed E-state index contributed by atoms with van der Waals surface area (Å²) in [5.74, 6) is 0.203. The molecule has 0 spiro atoms. The summed E-state index contributed by atoms with van der Waals surface area (Å²) in [7, 11) is 0. The van der Waals surface area contributed by atoms with Crippen molar-refractivity contribution in [2.45, 2.75) is 21.8 Å². The van der Waals surface area contributed by atoms with Crippen LogP contribution < -0.4 is 0 Å². The molecule has 0 aliphatic rings. The van der Waals surface area contributed by atoms with Gasteiger partial charge in [-0.25, -0.2) is 4.79 Å². The molecular weight excluding hydrogens is 228 g/mol. The quantitative estimate of drug-likeness (QED) is 0.756. The molecule has 0 unspecified atom stereocenters. The Morgan fingerprint density at radius 1 is 1.17 bits per heavy atom. The van der Waals surface area contributed by atoms with Gasteiger partial charge in [0.05, 0.1) is 12.9 Å². The standard InChI is InChI=1S/C13H12O3.2CH4/c1-2-15-13(14)11-8-9-16-12(11)10-6-4-3-5-7-10;;/h3-9H,2H2,1H3;2*1H4. The number of hydrogen-bond donors (Lipinski definition) is 0.